The molecule has 0 unspecified atom stereocenters. The first-order valence-electron chi connectivity index (χ1n) is 8.10. The van der Waals surface area contributed by atoms with Crippen LogP contribution >= 0.6 is 23.4 Å². The minimum Gasteiger partial charge on any atom is -0.376 e. The highest BCUT2D eigenvalue weighted by molar-refractivity contribution is 7.99. The van der Waals surface area contributed by atoms with Crippen molar-refractivity contribution in [2.75, 3.05) is 26.5 Å². The maximum absolute atomic E-state index is 12.9. The first-order valence-corrected chi connectivity index (χ1v) is 9.46. The third-order valence-corrected chi connectivity index (χ3v) is 5.31. The van der Waals surface area contributed by atoms with Crippen molar-refractivity contribution in [1.82, 2.24) is 14.5 Å². The summed E-state index contributed by atoms with van der Waals surface area (Å²) in [6.07, 6.45) is 1.93. The van der Waals surface area contributed by atoms with E-state index in [4.69, 9.17) is 16.3 Å². The van der Waals surface area contributed by atoms with Crippen LogP contribution in [0.4, 0.5) is 0 Å². The summed E-state index contributed by atoms with van der Waals surface area (Å²) < 4.78 is 7.29. The molecule has 8 heteroatoms. The Balaban J connectivity index is 2.00. The van der Waals surface area contributed by atoms with Crippen LogP contribution in [0.2, 0.25) is 5.02 Å². The van der Waals surface area contributed by atoms with E-state index in [-0.39, 0.29) is 23.3 Å². The van der Waals surface area contributed by atoms with Crippen LogP contribution in [0.15, 0.2) is 28.2 Å². The fourth-order valence-electron chi connectivity index (χ4n) is 2.69. The van der Waals surface area contributed by atoms with Gasteiger partial charge in [0.05, 0.1) is 29.3 Å². The van der Waals surface area contributed by atoms with Crippen molar-refractivity contribution in [1.29, 1.82) is 0 Å². The number of fused-ring (bicyclic) bond motifs is 1. The maximum Gasteiger partial charge on any atom is 0.262 e. The van der Waals surface area contributed by atoms with Crippen LogP contribution in [-0.4, -0.2) is 52.9 Å². The van der Waals surface area contributed by atoms with Gasteiger partial charge < -0.3 is 9.64 Å². The fourth-order valence-corrected chi connectivity index (χ4v) is 3.85. The van der Waals surface area contributed by atoms with E-state index in [0.29, 0.717) is 27.6 Å². The van der Waals surface area contributed by atoms with E-state index in [2.05, 4.69) is 4.98 Å². The Labute approximate surface area is 155 Å². The molecule has 25 heavy (non-hydrogen) atoms. The van der Waals surface area contributed by atoms with Crippen LogP contribution in [0, 0.1) is 0 Å². The van der Waals surface area contributed by atoms with Gasteiger partial charge in [-0.2, -0.15) is 0 Å². The van der Waals surface area contributed by atoms with Gasteiger partial charge in [-0.15, -0.1) is 0 Å². The van der Waals surface area contributed by atoms with Gasteiger partial charge in [0.25, 0.3) is 5.56 Å². The number of nitrogens with zero attached hydrogens (tertiary/aromatic N) is 3. The topological polar surface area (TPSA) is 64.4 Å². The second-order valence-electron chi connectivity index (χ2n) is 6.18. The molecule has 0 spiro atoms. The second-order valence-corrected chi connectivity index (χ2v) is 7.56. The van der Waals surface area contributed by atoms with Crippen LogP contribution in [0.5, 0.6) is 0 Å². The lowest BCUT2D eigenvalue weighted by Crippen LogP contribution is -2.29. The first kappa shape index (κ1) is 18.2. The molecule has 1 atom stereocenters. The number of carbonyl (C=O) groups excluding carboxylic acids is 1. The minimum atomic E-state index is -0.128. The van der Waals surface area contributed by atoms with E-state index >= 15 is 0 Å². The number of thioether (sulfide) groups is 1. The number of amides is 1. The van der Waals surface area contributed by atoms with Gasteiger partial charge in [-0.3, -0.25) is 14.2 Å². The number of hydrogen-bond donors (Lipinski definition) is 0. The highest BCUT2D eigenvalue weighted by Crippen LogP contribution is 2.22. The first-order chi connectivity index (χ1) is 12.0. The van der Waals surface area contributed by atoms with Gasteiger partial charge in [0.1, 0.15) is 0 Å². The third kappa shape index (κ3) is 4.16. The standard InChI is InChI=1S/C17H20ClN3O3S/c1-20(2)15(22)10-25-17-19-14-8-11(18)5-6-13(14)16(23)21(17)9-12-4-3-7-24-12/h5-6,8,12H,3-4,7,9-10H2,1-2H3/t12-/m1/s1. The van der Waals surface area contributed by atoms with Crippen molar-refractivity contribution in [3.8, 4) is 0 Å². The number of halogens is 1. The monoisotopic (exact) mass is 381 g/mol. The lowest BCUT2D eigenvalue weighted by Gasteiger charge is -2.17. The van der Waals surface area contributed by atoms with Crippen LogP contribution in [0.1, 0.15) is 12.8 Å². The molecule has 3 rings (SSSR count). The van der Waals surface area contributed by atoms with Gasteiger partial charge >= 0.3 is 0 Å². The summed E-state index contributed by atoms with van der Waals surface area (Å²) in [5.41, 5.74) is 0.415. The molecule has 0 saturated carbocycles. The Morgan fingerprint density at radius 2 is 2.28 bits per heavy atom. The van der Waals surface area contributed by atoms with Crippen LogP contribution in [0.3, 0.4) is 0 Å². The molecule has 1 saturated heterocycles. The second kappa shape index (κ2) is 7.76. The molecule has 0 radical (unpaired) electrons. The van der Waals surface area contributed by atoms with E-state index in [0.717, 1.165) is 19.4 Å². The zero-order valence-electron chi connectivity index (χ0n) is 14.2. The van der Waals surface area contributed by atoms with Gasteiger partial charge in [-0.25, -0.2) is 4.98 Å². The molecule has 2 heterocycles. The van der Waals surface area contributed by atoms with Gasteiger partial charge in [0.2, 0.25) is 5.91 Å². The average molecular weight is 382 g/mol. The highest BCUT2D eigenvalue weighted by atomic mass is 35.5. The van der Waals surface area contributed by atoms with Crippen molar-refractivity contribution in [2.24, 2.45) is 0 Å². The Hall–Kier alpha value is -1.57. The summed E-state index contributed by atoms with van der Waals surface area (Å²) in [4.78, 5) is 31.0. The Morgan fingerprint density at radius 3 is 2.96 bits per heavy atom. The molecule has 0 aliphatic carbocycles. The van der Waals surface area contributed by atoms with E-state index in [1.807, 2.05) is 0 Å². The zero-order valence-corrected chi connectivity index (χ0v) is 15.8. The number of rotatable bonds is 5. The lowest BCUT2D eigenvalue weighted by atomic mass is 10.2. The van der Waals surface area contributed by atoms with E-state index in [1.165, 1.54) is 16.7 Å². The Kier molecular flexibility index (Phi) is 5.66. The third-order valence-electron chi connectivity index (χ3n) is 4.12. The molecule has 1 amide bonds. The molecule has 1 aromatic carbocycles. The number of aromatic nitrogens is 2. The van der Waals surface area contributed by atoms with Crippen LogP contribution < -0.4 is 5.56 Å². The molecule has 1 aliphatic heterocycles. The summed E-state index contributed by atoms with van der Waals surface area (Å²) in [7, 11) is 3.41. The molecular weight excluding hydrogens is 362 g/mol. The van der Waals surface area contributed by atoms with Crippen LogP contribution in [0.25, 0.3) is 10.9 Å². The maximum atomic E-state index is 12.9. The average Bonchev–Trinajstić information content (AvgIpc) is 3.08. The van der Waals surface area contributed by atoms with Gasteiger partial charge in [-0.05, 0) is 31.0 Å². The summed E-state index contributed by atoms with van der Waals surface area (Å²) in [5.74, 6) is 0.186. The van der Waals surface area contributed by atoms with Crippen molar-refractivity contribution in [3.63, 3.8) is 0 Å². The lowest BCUT2D eigenvalue weighted by molar-refractivity contribution is -0.125. The molecular formula is C17H20ClN3O3S. The molecule has 0 N–H and O–H groups in total. The Bertz CT molecular complexity index is 847. The summed E-state index contributed by atoms with van der Waals surface area (Å²) in [6, 6.07) is 5.05. The largest absolute Gasteiger partial charge is 0.376 e. The summed E-state index contributed by atoms with van der Waals surface area (Å²) in [6.45, 7) is 1.17. The molecule has 1 aliphatic rings. The predicted octanol–water partition coefficient (Wildman–Crippen LogP) is 2.41. The van der Waals surface area contributed by atoms with E-state index < -0.39 is 0 Å². The normalized spacial score (nSPS) is 17.2. The van der Waals surface area contributed by atoms with Crippen molar-refractivity contribution >= 4 is 40.2 Å². The van der Waals surface area contributed by atoms with Crippen LogP contribution in [-0.2, 0) is 16.1 Å². The number of carbonyl (C=O) groups is 1. The smallest absolute Gasteiger partial charge is 0.262 e. The minimum absolute atomic E-state index is 0.00755. The van der Waals surface area contributed by atoms with Crippen molar-refractivity contribution < 1.29 is 9.53 Å². The molecule has 1 aromatic heterocycles. The molecule has 1 fully saturated rings. The predicted molar refractivity (Wildman–Crippen MR) is 99.4 cm³/mol. The number of benzene rings is 1. The summed E-state index contributed by atoms with van der Waals surface area (Å²) >= 11 is 7.30. The molecule has 2 aromatic rings. The molecule has 6 nitrogen and oxygen atoms in total. The van der Waals surface area contributed by atoms with E-state index in [1.54, 1.807) is 36.9 Å². The zero-order chi connectivity index (χ0) is 18.0. The van der Waals surface area contributed by atoms with Gasteiger partial charge in [-0.1, -0.05) is 23.4 Å². The fraction of sp³-hybridized carbons (Fsp3) is 0.471. The van der Waals surface area contributed by atoms with Crippen molar-refractivity contribution in [2.45, 2.75) is 30.6 Å². The quantitative estimate of drug-likeness (QED) is 0.587. The Morgan fingerprint density at radius 1 is 1.48 bits per heavy atom. The number of hydrogen-bond acceptors (Lipinski definition) is 5. The summed E-state index contributed by atoms with van der Waals surface area (Å²) in [5, 5.41) is 1.56. The van der Waals surface area contributed by atoms with E-state index in [9.17, 15) is 9.59 Å². The number of ether oxygens (including phenoxy) is 1. The van der Waals surface area contributed by atoms with Crippen molar-refractivity contribution in [3.05, 3.63) is 33.6 Å². The molecule has 134 valence electrons. The SMILES string of the molecule is CN(C)C(=O)CSc1nc2cc(Cl)ccc2c(=O)n1C[C@H]1CCCO1. The van der Waals surface area contributed by atoms with Gasteiger partial charge in [0.15, 0.2) is 5.16 Å². The van der Waals surface area contributed by atoms with Gasteiger partial charge in [0, 0.05) is 25.7 Å². The molecule has 0 bridgehead atoms. The highest BCUT2D eigenvalue weighted by Gasteiger charge is 2.21.